The highest BCUT2D eigenvalue weighted by atomic mass is 16.5. The predicted molar refractivity (Wildman–Crippen MR) is 73.2 cm³/mol. The summed E-state index contributed by atoms with van der Waals surface area (Å²) in [6.07, 6.45) is 2.18. The van der Waals surface area contributed by atoms with Crippen molar-refractivity contribution in [2.24, 2.45) is 5.92 Å². The second-order valence-electron chi connectivity index (χ2n) is 4.54. The molecule has 1 aromatic carbocycles. The van der Waals surface area contributed by atoms with Crippen LogP contribution in [0.15, 0.2) is 30.9 Å². The van der Waals surface area contributed by atoms with Crippen molar-refractivity contribution in [1.29, 1.82) is 5.26 Å². The molecular formula is C15H14N2O3. The van der Waals surface area contributed by atoms with Crippen molar-refractivity contribution in [2.45, 2.75) is 6.42 Å². The van der Waals surface area contributed by atoms with Gasteiger partial charge < -0.3 is 9.64 Å². The maximum atomic E-state index is 11.9. The molecule has 1 saturated heterocycles. The van der Waals surface area contributed by atoms with E-state index in [9.17, 15) is 9.59 Å². The van der Waals surface area contributed by atoms with Crippen LogP contribution in [-0.4, -0.2) is 25.5 Å². The topological polar surface area (TPSA) is 70.4 Å². The number of ether oxygens (including phenoxy) is 1. The second kappa shape index (κ2) is 5.57. The molecule has 0 radical (unpaired) electrons. The molecule has 0 N–H and O–H groups in total. The van der Waals surface area contributed by atoms with Crippen molar-refractivity contribution in [2.75, 3.05) is 18.6 Å². The lowest BCUT2D eigenvalue weighted by molar-refractivity contribution is -0.117. The Balaban J connectivity index is 2.36. The highest BCUT2D eigenvalue weighted by molar-refractivity contribution is 5.98. The lowest BCUT2D eigenvalue weighted by atomic mass is 10.1. The Morgan fingerprint density at radius 2 is 2.35 bits per heavy atom. The molecule has 0 aromatic heterocycles. The Hall–Kier alpha value is -2.61. The summed E-state index contributed by atoms with van der Waals surface area (Å²) in [5, 5.41) is 9.12. The number of nitriles is 1. The Bertz CT molecular complexity index is 616. The minimum absolute atomic E-state index is 0.00962. The van der Waals surface area contributed by atoms with E-state index < -0.39 is 5.97 Å². The molecule has 5 nitrogen and oxygen atoms in total. The summed E-state index contributed by atoms with van der Waals surface area (Å²) in [6.45, 7) is 4.24. The zero-order valence-corrected chi connectivity index (χ0v) is 11.1. The smallest absolute Gasteiger partial charge is 0.339 e. The number of rotatable bonds is 3. The lowest BCUT2D eigenvalue weighted by Crippen LogP contribution is -2.24. The van der Waals surface area contributed by atoms with Crippen molar-refractivity contribution in [3.05, 3.63) is 42.0 Å². The van der Waals surface area contributed by atoms with Gasteiger partial charge in [0.1, 0.15) is 6.07 Å². The summed E-state index contributed by atoms with van der Waals surface area (Å²) in [5.74, 6) is -0.456. The van der Waals surface area contributed by atoms with Gasteiger partial charge in [0, 0.05) is 24.6 Å². The van der Waals surface area contributed by atoms with E-state index in [-0.39, 0.29) is 23.0 Å². The first-order valence-electron chi connectivity index (χ1n) is 6.16. The van der Waals surface area contributed by atoms with Crippen molar-refractivity contribution in [3.8, 4) is 6.07 Å². The van der Waals surface area contributed by atoms with Crippen LogP contribution in [0.1, 0.15) is 22.3 Å². The number of methoxy groups -OCH3 is 1. The van der Waals surface area contributed by atoms with Crippen LogP contribution < -0.4 is 4.90 Å². The van der Waals surface area contributed by atoms with Gasteiger partial charge in [0.2, 0.25) is 5.91 Å². The van der Waals surface area contributed by atoms with E-state index in [1.807, 2.05) is 6.07 Å². The number of esters is 1. The molecule has 5 heteroatoms. The Kier molecular flexibility index (Phi) is 3.85. The summed E-state index contributed by atoms with van der Waals surface area (Å²) < 4.78 is 4.62. The molecule has 1 amide bonds. The van der Waals surface area contributed by atoms with Crippen LogP contribution in [0.2, 0.25) is 0 Å². The van der Waals surface area contributed by atoms with E-state index in [0.717, 1.165) is 0 Å². The number of carbonyl (C=O) groups is 2. The van der Waals surface area contributed by atoms with E-state index in [1.165, 1.54) is 19.2 Å². The molecule has 0 saturated carbocycles. The minimum Gasteiger partial charge on any atom is -0.465 e. The molecular weight excluding hydrogens is 256 g/mol. The normalized spacial score (nSPS) is 17.7. The lowest BCUT2D eigenvalue weighted by Gasteiger charge is -2.17. The molecule has 1 aliphatic heterocycles. The number of hydrogen-bond acceptors (Lipinski definition) is 4. The van der Waals surface area contributed by atoms with Crippen LogP contribution in [-0.2, 0) is 9.53 Å². The molecule has 1 heterocycles. The molecule has 0 spiro atoms. The number of carbonyl (C=O) groups excluding carboxylic acids is 2. The van der Waals surface area contributed by atoms with Crippen LogP contribution in [0.5, 0.6) is 0 Å². The third kappa shape index (κ3) is 2.41. The molecule has 0 aliphatic carbocycles. The first kappa shape index (κ1) is 13.8. The molecule has 0 bridgehead atoms. The van der Waals surface area contributed by atoms with Gasteiger partial charge in [0.15, 0.2) is 0 Å². The summed E-state index contributed by atoms with van der Waals surface area (Å²) in [4.78, 5) is 25.0. The zero-order valence-electron chi connectivity index (χ0n) is 11.1. The number of amides is 1. The Labute approximate surface area is 117 Å². The summed E-state index contributed by atoms with van der Waals surface area (Å²) in [7, 11) is 1.26. The van der Waals surface area contributed by atoms with E-state index in [2.05, 4.69) is 11.3 Å². The summed E-state index contributed by atoms with van der Waals surface area (Å²) in [5.41, 5.74) is 1.01. The van der Waals surface area contributed by atoms with Gasteiger partial charge in [-0.25, -0.2) is 4.79 Å². The van der Waals surface area contributed by atoms with E-state index in [0.29, 0.717) is 18.7 Å². The molecule has 1 fully saturated rings. The zero-order chi connectivity index (χ0) is 14.7. The van der Waals surface area contributed by atoms with Gasteiger partial charge in [-0.05, 0) is 18.2 Å². The summed E-state index contributed by atoms with van der Waals surface area (Å²) in [6, 6.07) is 6.65. The maximum Gasteiger partial charge on any atom is 0.339 e. The van der Waals surface area contributed by atoms with Gasteiger partial charge in [-0.2, -0.15) is 5.26 Å². The Morgan fingerprint density at radius 1 is 1.60 bits per heavy atom. The van der Waals surface area contributed by atoms with Gasteiger partial charge in [0.25, 0.3) is 0 Å². The largest absolute Gasteiger partial charge is 0.465 e. The van der Waals surface area contributed by atoms with Crippen molar-refractivity contribution < 1.29 is 14.3 Å². The van der Waals surface area contributed by atoms with Crippen LogP contribution in [0, 0.1) is 17.2 Å². The van der Waals surface area contributed by atoms with E-state index >= 15 is 0 Å². The van der Waals surface area contributed by atoms with E-state index in [4.69, 9.17) is 5.26 Å². The van der Waals surface area contributed by atoms with Crippen LogP contribution >= 0.6 is 0 Å². The number of hydrogen-bond donors (Lipinski definition) is 0. The molecule has 20 heavy (non-hydrogen) atoms. The fourth-order valence-electron chi connectivity index (χ4n) is 2.22. The van der Waals surface area contributed by atoms with Gasteiger partial charge in [-0.15, -0.1) is 6.58 Å². The fraction of sp³-hybridized carbons (Fsp3) is 0.267. The SMILES string of the molecule is C=CC1CC(=O)N(c2ccc(C(=O)OC)c(C#N)c2)C1. The van der Waals surface area contributed by atoms with Crippen molar-refractivity contribution >= 4 is 17.6 Å². The molecule has 1 aromatic rings. The van der Waals surface area contributed by atoms with Crippen LogP contribution in [0.3, 0.4) is 0 Å². The highest BCUT2D eigenvalue weighted by Crippen LogP contribution is 2.27. The standard InChI is InChI=1S/C15H14N2O3/c1-3-10-6-14(18)17(9-10)12-4-5-13(15(19)20-2)11(7-12)8-16/h3-5,7,10H,1,6,9H2,2H3. The first-order valence-corrected chi connectivity index (χ1v) is 6.16. The molecule has 102 valence electrons. The molecule has 1 atom stereocenters. The monoisotopic (exact) mass is 270 g/mol. The maximum absolute atomic E-state index is 11.9. The third-order valence-electron chi connectivity index (χ3n) is 3.33. The van der Waals surface area contributed by atoms with Gasteiger partial charge in [-0.3, -0.25) is 4.79 Å². The highest BCUT2D eigenvalue weighted by Gasteiger charge is 2.29. The van der Waals surface area contributed by atoms with Crippen LogP contribution in [0.4, 0.5) is 5.69 Å². The molecule has 2 rings (SSSR count). The van der Waals surface area contributed by atoms with E-state index in [1.54, 1.807) is 17.0 Å². The average molecular weight is 270 g/mol. The number of benzene rings is 1. The predicted octanol–water partition coefficient (Wildman–Crippen LogP) is 1.88. The number of nitrogens with zero attached hydrogens (tertiary/aromatic N) is 2. The van der Waals surface area contributed by atoms with Crippen molar-refractivity contribution in [3.63, 3.8) is 0 Å². The molecule has 1 aliphatic rings. The first-order chi connectivity index (χ1) is 9.60. The summed E-state index contributed by atoms with van der Waals surface area (Å²) >= 11 is 0. The Morgan fingerprint density at radius 3 is 2.90 bits per heavy atom. The fourth-order valence-corrected chi connectivity index (χ4v) is 2.22. The molecule has 1 unspecified atom stereocenters. The van der Waals surface area contributed by atoms with Crippen molar-refractivity contribution in [1.82, 2.24) is 0 Å². The average Bonchev–Trinajstić information content (AvgIpc) is 2.86. The quantitative estimate of drug-likeness (QED) is 0.621. The third-order valence-corrected chi connectivity index (χ3v) is 3.33. The van der Waals surface area contributed by atoms with Crippen LogP contribution in [0.25, 0.3) is 0 Å². The number of anilines is 1. The van der Waals surface area contributed by atoms with Gasteiger partial charge in [-0.1, -0.05) is 6.08 Å². The minimum atomic E-state index is -0.565. The second-order valence-corrected chi connectivity index (χ2v) is 4.54. The van der Waals surface area contributed by atoms with Gasteiger partial charge in [0.05, 0.1) is 18.2 Å². The van der Waals surface area contributed by atoms with Gasteiger partial charge >= 0.3 is 5.97 Å².